The van der Waals surface area contributed by atoms with Crippen LogP contribution in [0.15, 0.2) is 71.9 Å². The maximum atomic E-state index is 12.5. The summed E-state index contributed by atoms with van der Waals surface area (Å²) in [4.78, 5) is 28.6. The minimum atomic E-state index is -0.253. The van der Waals surface area contributed by atoms with Crippen LogP contribution in [0.2, 0.25) is 5.02 Å². The Labute approximate surface area is 195 Å². The fourth-order valence-corrected chi connectivity index (χ4v) is 3.77. The molecule has 0 saturated heterocycles. The summed E-state index contributed by atoms with van der Waals surface area (Å²) in [5.74, 6) is 0.0908. The standard InChI is InChI=1S/C24H23ClN6O2/c1-16-20(21(25)10-22(26)29-16)12-27-24(33)19-11-28-31(15-19)14-18-7-5-17(6-8-18)13-30-9-3-2-4-23(30)32/h2-11,15H,12-14H2,1H3,(H2,26,29)(H,27,33). The molecule has 0 aliphatic heterocycles. The predicted molar refractivity (Wildman–Crippen MR) is 127 cm³/mol. The Bertz CT molecular complexity index is 1320. The smallest absolute Gasteiger partial charge is 0.254 e. The number of hydrogen-bond donors (Lipinski definition) is 2. The van der Waals surface area contributed by atoms with Crippen LogP contribution in [0.4, 0.5) is 5.82 Å². The summed E-state index contributed by atoms with van der Waals surface area (Å²) in [6, 6.07) is 14.6. The molecule has 3 heterocycles. The van der Waals surface area contributed by atoms with Gasteiger partial charge in [-0.15, -0.1) is 0 Å². The van der Waals surface area contributed by atoms with E-state index in [1.165, 1.54) is 6.20 Å². The molecule has 4 aromatic rings. The molecule has 4 rings (SSSR count). The van der Waals surface area contributed by atoms with Crippen molar-refractivity contribution in [2.75, 3.05) is 5.73 Å². The third-order valence-electron chi connectivity index (χ3n) is 5.24. The average molecular weight is 463 g/mol. The van der Waals surface area contributed by atoms with Gasteiger partial charge in [0.1, 0.15) is 5.82 Å². The fraction of sp³-hybridized carbons (Fsp3) is 0.167. The highest BCUT2D eigenvalue weighted by Crippen LogP contribution is 2.20. The number of nitrogens with two attached hydrogens (primary N) is 1. The van der Waals surface area contributed by atoms with E-state index in [2.05, 4.69) is 15.4 Å². The summed E-state index contributed by atoms with van der Waals surface area (Å²) in [6.07, 6.45) is 5.00. The van der Waals surface area contributed by atoms with E-state index < -0.39 is 0 Å². The molecule has 1 aromatic carbocycles. The number of nitrogens with one attached hydrogen (secondary N) is 1. The van der Waals surface area contributed by atoms with Gasteiger partial charge >= 0.3 is 0 Å². The maximum Gasteiger partial charge on any atom is 0.254 e. The van der Waals surface area contributed by atoms with Gasteiger partial charge in [-0.3, -0.25) is 14.3 Å². The van der Waals surface area contributed by atoms with Crippen molar-refractivity contribution < 1.29 is 4.79 Å². The van der Waals surface area contributed by atoms with Crippen LogP contribution < -0.4 is 16.6 Å². The molecule has 0 radical (unpaired) electrons. The van der Waals surface area contributed by atoms with Crippen LogP contribution in [0.5, 0.6) is 0 Å². The summed E-state index contributed by atoms with van der Waals surface area (Å²) in [5, 5.41) is 7.60. The van der Waals surface area contributed by atoms with Crippen LogP contribution >= 0.6 is 11.6 Å². The molecule has 0 spiro atoms. The number of hydrogen-bond acceptors (Lipinski definition) is 5. The Kier molecular flexibility index (Phi) is 6.55. The van der Waals surface area contributed by atoms with Crippen LogP contribution in [-0.2, 0) is 19.6 Å². The Morgan fingerprint density at radius 3 is 2.55 bits per heavy atom. The Morgan fingerprint density at radius 1 is 1.12 bits per heavy atom. The number of carbonyl (C=O) groups excluding carboxylic acids is 1. The van der Waals surface area contributed by atoms with Crippen molar-refractivity contribution >= 4 is 23.3 Å². The number of pyridine rings is 2. The third kappa shape index (κ3) is 5.48. The molecule has 9 heteroatoms. The van der Waals surface area contributed by atoms with Gasteiger partial charge in [-0.05, 0) is 30.2 Å². The van der Waals surface area contributed by atoms with Crippen molar-refractivity contribution in [3.05, 3.63) is 110 Å². The van der Waals surface area contributed by atoms with E-state index in [0.717, 1.165) is 16.7 Å². The molecule has 1 amide bonds. The number of benzene rings is 1. The van der Waals surface area contributed by atoms with Crippen molar-refractivity contribution in [1.82, 2.24) is 24.6 Å². The van der Waals surface area contributed by atoms with Crippen molar-refractivity contribution in [3.63, 3.8) is 0 Å². The van der Waals surface area contributed by atoms with E-state index in [4.69, 9.17) is 17.3 Å². The Morgan fingerprint density at radius 2 is 1.85 bits per heavy atom. The molecular weight excluding hydrogens is 440 g/mol. The lowest BCUT2D eigenvalue weighted by Gasteiger charge is -2.09. The monoisotopic (exact) mass is 462 g/mol. The average Bonchev–Trinajstić information content (AvgIpc) is 3.24. The zero-order valence-corrected chi connectivity index (χ0v) is 18.8. The molecule has 0 aliphatic rings. The van der Waals surface area contributed by atoms with Gasteiger partial charge in [0.25, 0.3) is 11.5 Å². The SMILES string of the molecule is Cc1nc(N)cc(Cl)c1CNC(=O)c1cnn(Cc2ccc(Cn3ccccc3=O)cc2)c1. The van der Waals surface area contributed by atoms with Crippen LogP contribution in [0.25, 0.3) is 0 Å². The van der Waals surface area contributed by atoms with Gasteiger partial charge < -0.3 is 15.6 Å². The lowest BCUT2D eigenvalue weighted by atomic mass is 10.1. The van der Waals surface area contributed by atoms with E-state index in [0.29, 0.717) is 35.2 Å². The molecule has 168 valence electrons. The molecule has 0 aliphatic carbocycles. The van der Waals surface area contributed by atoms with Gasteiger partial charge in [-0.25, -0.2) is 4.98 Å². The first kappa shape index (κ1) is 22.3. The number of aryl methyl sites for hydroxylation is 1. The normalized spacial score (nSPS) is 10.8. The highest BCUT2D eigenvalue weighted by molar-refractivity contribution is 6.31. The first-order chi connectivity index (χ1) is 15.9. The Balaban J connectivity index is 1.36. The second-order valence-corrected chi connectivity index (χ2v) is 8.09. The minimum Gasteiger partial charge on any atom is -0.384 e. The molecule has 3 N–H and O–H groups in total. The molecule has 3 aromatic heterocycles. The lowest BCUT2D eigenvalue weighted by molar-refractivity contribution is 0.0951. The first-order valence-corrected chi connectivity index (χ1v) is 10.7. The van der Waals surface area contributed by atoms with Crippen LogP contribution in [0.1, 0.15) is 32.7 Å². The van der Waals surface area contributed by atoms with Crippen molar-refractivity contribution in [2.45, 2.75) is 26.6 Å². The van der Waals surface area contributed by atoms with Crippen LogP contribution in [0, 0.1) is 6.92 Å². The summed E-state index contributed by atoms with van der Waals surface area (Å²) in [7, 11) is 0. The summed E-state index contributed by atoms with van der Waals surface area (Å²) < 4.78 is 3.36. The van der Waals surface area contributed by atoms with Gasteiger partial charge in [-0.1, -0.05) is 41.9 Å². The third-order valence-corrected chi connectivity index (χ3v) is 5.57. The summed E-state index contributed by atoms with van der Waals surface area (Å²) in [6.45, 7) is 3.07. The molecule has 0 atom stereocenters. The number of aromatic nitrogens is 4. The zero-order chi connectivity index (χ0) is 23.4. The number of amides is 1. The quantitative estimate of drug-likeness (QED) is 0.439. The van der Waals surface area contributed by atoms with E-state index in [-0.39, 0.29) is 18.0 Å². The van der Waals surface area contributed by atoms with Gasteiger partial charge in [0, 0.05) is 36.3 Å². The molecule has 0 saturated carbocycles. The number of rotatable bonds is 7. The number of carbonyl (C=O) groups is 1. The number of nitrogen functional groups attached to an aromatic ring is 1. The van der Waals surface area contributed by atoms with Crippen LogP contribution in [0.3, 0.4) is 0 Å². The summed E-state index contributed by atoms with van der Waals surface area (Å²) in [5.41, 5.74) is 9.56. The van der Waals surface area contributed by atoms with E-state index in [1.54, 1.807) is 46.8 Å². The highest BCUT2D eigenvalue weighted by Gasteiger charge is 2.12. The van der Waals surface area contributed by atoms with E-state index in [1.807, 2.05) is 30.3 Å². The number of anilines is 1. The second-order valence-electron chi connectivity index (χ2n) is 7.69. The highest BCUT2D eigenvalue weighted by atomic mass is 35.5. The molecule has 8 nitrogen and oxygen atoms in total. The molecular formula is C24H23ClN6O2. The first-order valence-electron chi connectivity index (χ1n) is 10.3. The fourth-order valence-electron chi connectivity index (χ4n) is 3.46. The van der Waals surface area contributed by atoms with Crippen LogP contribution in [-0.4, -0.2) is 25.2 Å². The molecule has 0 fully saturated rings. The van der Waals surface area contributed by atoms with E-state index >= 15 is 0 Å². The van der Waals surface area contributed by atoms with Crippen molar-refractivity contribution in [2.24, 2.45) is 0 Å². The Hall–Kier alpha value is -3.91. The van der Waals surface area contributed by atoms with Gasteiger partial charge in [0.2, 0.25) is 0 Å². The maximum absolute atomic E-state index is 12.5. The largest absolute Gasteiger partial charge is 0.384 e. The zero-order valence-electron chi connectivity index (χ0n) is 18.0. The predicted octanol–water partition coefficient (Wildman–Crippen LogP) is 3.01. The van der Waals surface area contributed by atoms with E-state index in [9.17, 15) is 9.59 Å². The lowest BCUT2D eigenvalue weighted by Crippen LogP contribution is -2.23. The van der Waals surface area contributed by atoms with Crippen molar-refractivity contribution in [3.8, 4) is 0 Å². The molecule has 0 bridgehead atoms. The minimum absolute atomic E-state index is 0.0333. The molecule has 0 unspecified atom stereocenters. The topological polar surface area (TPSA) is 108 Å². The van der Waals surface area contributed by atoms with Gasteiger partial charge in [-0.2, -0.15) is 5.10 Å². The summed E-state index contributed by atoms with van der Waals surface area (Å²) >= 11 is 6.22. The molecule has 33 heavy (non-hydrogen) atoms. The number of halogens is 1. The van der Waals surface area contributed by atoms with Gasteiger partial charge in [0.15, 0.2) is 0 Å². The van der Waals surface area contributed by atoms with Crippen molar-refractivity contribution in [1.29, 1.82) is 0 Å². The second kappa shape index (κ2) is 9.70. The van der Waals surface area contributed by atoms with Gasteiger partial charge in [0.05, 0.1) is 29.9 Å². The number of nitrogens with zero attached hydrogens (tertiary/aromatic N) is 4.